The molecule has 1 aliphatic carbocycles. The summed E-state index contributed by atoms with van der Waals surface area (Å²) >= 11 is 1.05. The fourth-order valence-corrected chi connectivity index (χ4v) is 4.12. The van der Waals surface area contributed by atoms with Gasteiger partial charge in [-0.15, -0.1) is 5.10 Å². The maximum atomic E-state index is 12.7. The predicted molar refractivity (Wildman–Crippen MR) is 72.6 cm³/mol. The minimum atomic E-state index is -0.900. The molecular weight excluding hydrogens is 278 g/mol. The molecule has 108 valence electrons. The third-order valence-electron chi connectivity index (χ3n) is 4.45. The number of rotatable bonds is 2. The first-order valence-electron chi connectivity index (χ1n) is 6.94. The third kappa shape index (κ3) is 2.09. The lowest BCUT2D eigenvalue weighted by molar-refractivity contribution is -0.141. The molecule has 1 N–H and O–H groups in total. The molecule has 3 atom stereocenters. The Hall–Kier alpha value is -1.50. The van der Waals surface area contributed by atoms with Gasteiger partial charge in [-0.1, -0.05) is 17.3 Å². The second-order valence-electron chi connectivity index (χ2n) is 5.60. The Kier molecular flexibility index (Phi) is 3.45. The number of hydrogen-bond donors (Lipinski definition) is 1. The van der Waals surface area contributed by atoms with Crippen molar-refractivity contribution in [1.82, 2.24) is 14.5 Å². The van der Waals surface area contributed by atoms with Crippen LogP contribution in [0, 0.1) is 12.8 Å². The molecule has 1 saturated heterocycles. The Labute approximate surface area is 121 Å². The third-order valence-corrected chi connectivity index (χ3v) is 5.27. The first-order chi connectivity index (χ1) is 9.59. The predicted octanol–water partition coefficient (Wildman–Crippen LogP) is 1.70. The normalized spacial score (nSPS) is 29.2. The van der Waals surface area contributed by atoms with Crippen molar-refractivity contribution in [3.8, 4) is 0 Å². The van der Waals surface area contributed by atoms with Gasteiger partial charge in [0, 0.05) is 6.04 Å². The first kappa shape index (κ1) is 13.5. The van der Waals surface area contributed by atoms with E-state index in [-0.39, 0.29) is 11.9 Å². The van der Waals surface area contributed by atoms with Crippen LogP contribution in [0.25, 0.3) is 0 Å². The van der Waals surface area contributed by atoms with Crippen LogP contribution < -0.4 is 0 Å². The van der Waals surface area contributed by atoms with Gasteiger partial charge in [0.15, 0.2) is 0 Å². The summed E-state index contributed by atoms with van der Waals surface area (Å²) in [6.07, 6.45) is 4.72. The molecular formula is C13H17N3O3S. The number of aryl methyl sites for hydroxylation is 1. The lowest BCUT2D eigenvalue weighted by Crippen LogP contribution is -2.46. The Morgan fingerprint density at radius 1 is 1.35 bits per heavy atom. The van der Waals surface area contributed by atoms with Crippen molar-refractivity contribution < 1.29 is 14.7 Å². The van der Waals surface area contributed by atoms with Crippen molar-refractivity contribution in [2.75, 3.05) is 0 Å². The van der Waals surface area contributed by atoms with Gasteiger partial charge in [-0.2, -0.15) is 0 Å². The van der Waals surface area contributed by atoms with E-state index in [1.807, 2.05) is 0 Å². The van der Waals surface area contributed by atoms with Crippen molar-refractivity contribution in [2.24, 2.45) is 5.92 Å². The number of carboxylic acid groups (broad SMARTS) is 1. The second-order valence-corrected chi connectivity index (χ2v) is 6.36. The van der Waals surface area contributed by atoms with Crippen LogP contribution in [0.5, 0.6) is 0 Å². The molecule has 1 aromatic rings. The van der Waals surface area contributed by atoms with Gasteiger partial charge in [0.1, 0.15) is 10.9 Å². The number of hydrogen-bond acceptors (Lipinski definition) is 5. The quantitative estimate of drug-likeness (QED) is 0.898. The highest BCUT2D eigenvalue weighted by Crippen LogP contribution is 2.40. The molecule has 3 rings (SSSR count). The van der Waals surface area contributed by atoms with E-state index in [1.165, 1.54) is 0 Å². The molecule has 1 saturated carbocycles. The van der Waals surface area contributed by atoms with Gasteiger partial charge >= 0.3 is 5.97 Å². The molecule has 20 heavy (non-hydrogen) atoms. The lowest BCUT2D eigenvalue weighted by atomic mass is 9.85. The summed E-state index contributed by atoms with van der Waals surface area (Å²) in [6.45, 7) is 1.74. The van der Waals surface area contributed by atoms with Crippen LogP contribution in [0.3, 0.4) is 0 Å². The molecule has 0 radical (unpaired) electrons. The zero-order chi connectivity index (χ0) is 14.3. The fraction of sp³-hybridized carbons (Fsp3) is 0.692. The average Bonchev–Trinajstić information content (AvgIpc) is 3.01. The van der Waals surface area contributed by atoms with Gasteiger partial charge in [-0.05, 0) is 43.6 Å². The molecule has 1 aromatic heterocycles. The largest absolute Gasteiger partial charge is 0.480 e. The summed E-state index contributed by atoms with van der Waals surface area (Å²) < 4.78 is 3.78. The van der Waals surface area contributed by atoms with Gasteiger partial charge < -0.3 is 10.0 Å². The number of aromatic nitrogens is 2. The van der Waals surface area contributed by atoms with E-state index in [1.54, 1.807) is 11.8 Å². The van der Waals surface area contributed by atoms with E-state index >= 15 is 0 Å². The van der Waals surface area contributed by atoms with E-state index in [9.17, 15) is 14.7 Å². The molecule has 2 aliphatic rings. The maximum Gasteiger partial charge on any atom is 0.326 e. The number of aliphatic carboxylic acids is 1. The number of carboxylic acids is 1. The zero-order valence-electron chi connectivity index (χ0n) is 11.3. The Bertz CT molecular complexity index is 545. The lowest BCUT2D eigenvalue weighted by Gasteiger charge is -2.32. The number of carbonyl (C=O) groups excluding carboxylic acids is 1. The highest BCUT2D eigenvalue weighted by molar-refractivity contribution is 7.08. The van der Waals surface area contributed by atoms with Crippen LogP contribution in [0.4, 0.5) is 0 Å². The van der Waals surface area contributed by atoms with Crippen LogP contribution in [0.2, 0.25) is 0 Å². The van der Waals surface area contributed by atoms with Crippen molar-refractivity contribution in [2.45, 2.75) is 51.1 Å². The minimum Gasteiger partial charge on any atom is -0.480 e. The summed E-state index contributed by atoms with van der Waals surface area (Å²) in [6, 6.07) is -0.629. The number of amides is 1. The molecule has 6 nitrogen and oxygen atoms in total. The standard InChI is InChI=1S/C13H17N3O3S/c1-7-11(20-15-14-7)12(17)16-9-5-3-2-4-8(9)6-10(16)13(18)19/h8-10H,2-6H2,1H3,(H,18,19)/t8-,9+,10-/m0/s1. The van der Waals surface area contributed by atoms with Gasteiger partial charge in [-0.25, -0.2) is 4.79 Å². The van der Waals surface area contributed by atoms with Crippen molar-refractivity contribution >= 4 is 23.4 Å². The molecule has 2 heterocycles. The van der Waals surface area contributed by atoms with E-state index in [0.29, 0.717) is 22.9 Å². The van der Waals surface area contributed by atoms with Gasteiger partial charge in [0.05, 0.1) is 5.69 Å². The number of carbonyl (C=O) groups is 2. The van der Waals surface area contributed by atoms with Gasteiger partial charge in [0.2, 0.25) is 0 Å². The smallest absolute Gasteiger partial charge is 0.326 e. The topological polar surface area (TPSA) is 83.4 Å². The van der Waals surface area contributed by atoms with Crippen LogP contribution >= 0.6 is 11.5 Å². The zero-order valence-corrected chi connectivity index (χ0v) is 12.1. The van der Waals surface area contributed by atoms with Crippen molar-refractivity contribution in [1.29, 1.82) is 0 Å². The summed E-state index contributed by atoms with van der Waals surface area (Å²) in [5, 5.41) is 13.3. The number of fused-ring (bicyclic) bond motifs is 1. The highest BCUT2D eigenvalue weighted by atomic mass is 32.1. The fourth-order valence-electron chi connectivity index (χ4n) is 3.52. The van der Waals surface area contributed by atoms with E-state index in [2.05, 4.69) is 9.59 Å². The Morgan fingerprint density at radius 2 is 2.10 bits per heavy atom. The highest BCUT2D eigenvalue weighted by Gasteiger charge is 2.48. The molecule has 2 fully saturated rings. The summed E-state index contributed by atoms with van der Waals surface area (Å²) in [4.78, 5) is 26.3. The summed E-state index contributed by atoms with van der Waals surface area (Å²) in [5.74, 6) is -0.780. The molecule has 1 aliphatic heterocycles. The van der Waals surface area contributed by atoms with Crippen LogP contribution in [-0.2, 0) is 4.79 Å². The van der Waals surface area contributed by atoms with Crippen molar-refractivity contribution in [3.05, 3.63) is 10.6 Å². The first-order valence-corrected chi connectivity index (χ1v) is 7.71. The minimum absolute atomic E-state index is 0.0684. The molecule has 1 amide bonds. The van der Waals surface area contributed by atoms with Crippen molar-refractivity contribution in [3.63, 3.8) is 0 Å². The number of nitrogens with zero attached hydrogens (tertiary/aromatic N) is 3. The second kappa shape index (κ2) is 5.12. The molecule has 0 bridgehead atoms. The van der Waals surface area contributed by atoms with Crippen LogP contribution in [0.15, 0.2) is 0 Å². The summed E-state index contributed by atoms with van der Waals surface area (Å²) in [5.41, 5.74) is 0.586. The van der Waals surface area contributed by atoms with E-state index in [0.717, 1.165) is 37.2 Å². The van der Waals surface area contributed by atoms with E-state index in [4.69, 9.17) is 0 Å². The Morgan fingerprint density at radius 3 is 2.75 bits per heavy atom. The maximum absolute atomic E-state index is 12.7. The van der Waals surface area contributed by atoms with Gasteiger partial charge in [0.25, 0.3) is 5.91 Å². The molecule has 0 aromatic carbocycles. The molecule has 7 heteroatoms. The SMILES string of the molecule is Cc1nnsc1C(=O)N1[C@@H]2CCCC[C@H]2C[C@H]1C(=O)O. The number of likely N-dealkylation sites (tertiary alicyclic amines) is 1. The van der Waals surface area contributed by atoms with E-state index < -0.39 is 12.0 Å². The average molecular weight is 295 g/mol. The Balaban J connectivity index is 1.93. The summed E-state index contributed by atoms with van der Waals surface area (Å²) in [7, 11) is 0. The van der Waals surface area contributed by atoms with Gasteiger partial charge in [-0.3, -0.25) is 4.79 Å². The van der Waals surface area contributed by atoms with Crippen LogP contribution in [0.1, 0.15) is 47.5 Å². The monoisotopic (exact) mass is 295 g/mol. The molecule has 0 unspecified atom stereocenters. The molecule has 0 spiro atoms. The van der Waals surface area contributed by atoms with Crippen LogP contribution in [-0.4, -0.2) is 43.6 Å².